The van der Waals surface area contributed by atoms with Crippen molar-refractivity contribution < 1.29 is 9.13 Å². The highest BCUT2D eigenvalue weighted by Gasteiger charge is 2.17. The highest BCUT2D eigenvalue weighted by Crippen LogP contribution is 2.28. The second-order valence-corrected chi connectivity index (χ2v) is 6.43. The van der Waals surface area contributed by atoms with Crippen molar-refractivity contribution in [2.75, 3.05) is 12.4 Å². The third-order valence-corrected chi connectivity index (χ3v) is 4.44. The lowest BCUT2D eigenvalue weighted by Gasteiger charge is -2.16. The van der Waals surface area contributed by atoms with E-state index in [9.17, 15) is 4.39 Å². The first kappa shape index (κ1) is 19.2. The van der Waals surface area contributed by atoms with Crippen molar-refractivity contribution in [3.8, 4) is 0 Å². The number of ether oxygens (including phenoxy) is 1. The predicted molar refractivity (Wildman–Crippen MR) is 115 cm³/mol. The normalized spacial score (nSPS) is 14.9. The Hall–Kier alpha value is -4.13. The molecular formula is C23H18FN5O. The van der Waals surface area contributed by atoms with Gasteiger partial charge in [0.1, 0.15) is 11.6 Å². The second kappa shape index (κ2) is 8.48. The van der Waals surface area contributed by atoms with E-state index in [1.54, 1.807) is 50.0 Å². The molecule has 30 heavy (non-hydrogen) atoms. The summed E-state index contributed by atoms with van der Waals surface area (Å²) in [6.45, 7) is 0. The van der Waals surface area contributed by atoms with Gasteiger partial charge < -0.3 is 15.5 Å². The molecule has 0 unspecified atom stereocenters. The van der Waals surface area contributed by atoms with Gasteiger partial charge in [0.15, 0.2) is 0 Å². The van der Waals surface area contributed by atoms with E-state index in [-0.39, 0.29) is 5.82 Å². The monoisotopic (exact) mass is 399 g/mol. The summed E-state index contributed by atoms with van der Waals surface area (Å²) in [4.78, 5) is 12.9. The van der Waals surface area contributed by atoms with Crippen LogP contribution in [0.4, 0.5) is 16.0 Å². The maximum Gasteiger partial charge on any atom is 0.227 e. The van der Waals surface area contributed by atoms with Crippen molar-refractivity contribution in [3.05, 3.63) is 102 Å². The Labute approximate surface area is 173 Å². The molecular weight excluding hydrogens is 381 g/mol. The van der Waals surface area contributed by atoms with Gasteiger partial charge in [-0.15, -0.1) is 0 Å². The van der Waals surface area contributed by atoms with Crippen LogP contribution in [0.15, 0.2) is 84.9 Å². The van der Waals surface area contributed by atoms with Gasteiger partial charge in [0.2, 0.25) is 5.95 Å². The van der Waals surface area contributed by atoms with Crippen LogP contribution in [0.25, 0.3) is 11.3 Å². The van der Waals surface area contributed by atoms with E-state index >= 15 is 0 Å². The Balaban J connectivity index is 1.69. The largest absolute Gasteiger partial charge is 0.495 e. The number of hydrogen-bond acceptors (Lipinski definition) is 6. The van der Waals surface area contributed by atoms with Gasteiger partial charge in [-0.2, -0.15) is 0 Å². The maximum atomic E-state index is 13.1. The summed E-state index contributed by atoms with van der Waals surface area (Å²) in [5.74, 6) is 0.643. The third kappa shape index (κ3) is 4.15. The van der Waals surface area contributed by atoms with E-state index in [0.717, 1.165) is 11.1 Å². The van der Waals surface area contributed by atoms with Crippen molar-refractivity contribution in [3.63, 3.8) is 0 Å². The molecule has 1 aliphatic carbocycles. The molecule has 0 amide bonds. The topological polar surface area (TPSA) is 83.8 Å². The minimum atomic E-state index is -0.308. The number of pyridine rings is 1. The molecule has 0 fully saturated rings. The molecule has 4 rings (SSSR count). The number of aromatic nitrogens is 3. The molecule has 0 atom stereocenters. The van der Waals surface area contributed by atoms with Gasteiger partial charge in [0, 0.05) is 41.0 Å². The van der Waals surface area contributed by atoms with E-state index in [1.165, 1.54) is 12.1 Å². The highest BCUT2D eigenvalue weighted by atomic mass is 19.1. The number of rotatable bonds is 5. The second-order valence-electron chi connectivity index (χ2n) is 6.43. The van der Waals surface area contributed by atoms with Crippen LogP contribution in [0.5, 0.6) is 0 Å². The van der Waals surface area contributed by atoms with E-state index in [4.69, 9.17) is 10.1 Å². The van der Waals surface area contributed by atoms with Crippen LogP contribution in [-0.2, 0) is 4.74 Å². The molecule has 0 bridgehead atoms. The first-order valence-electron chi connectivity index (χ1n) is 9.17. The van der Waals surface area contributed by atoms with Gasteiger partial charge >= 0.3 is 0 Å². The van der Waals surface area contributed by atoms with Crippen LogP contribution in [-0.4, -0.2) is 27.8 Å². The molecule has 1 aromatic carbocycles. The molecule has 2 heterocycles. The lowest BCUT2D eigenvalue weighted by atomic mass is 9.95. The minimum Gasteiger partial charge on any atom is -0.495 e. The number of allylic oxidation sites excluding steroid dienone is 5. The predicted octanol–water partition coefficient (Wildman–Crippen LogP) is 4.78. The van der Waals surface area contributed by atoms with Crippen molar-refractivity contribution in [2.45, 2.75) is 0 Å². The summed E-state index contributed by atoms with van der Waals surface area (Å²) in [7, 11) is 1.57. The van der Waals surface area contributed by atoms with Crippen LogP contribution in [0.1, 0.15) is 11.3 Å². The molecule has 3 aromatic rings. The minimum absolute atomic E-state index is 0.308. The van der Waals surface area contributed by atoms with Crippen LogP contribution in [0.3, 0.4) is 0 Å². The first-order chi connectivity index (χ1) is 14.6. The molecule has 148 valence electrons. The number of nitrogens with zero attached hydrogens (tertiary/aromatic N) is 3. The average Bonchev–Trinajstić information content (AvgIpc) is 2.78. The Morgan fingerprint density at radius 3 is 2.63 bits per heavy atom. The van der Waals surface area contributed by atoms with E-state index in [0.29, 0.717) is 34.4 Å². The zero-order valence-corrected chi connectivity index (χ0v) is 16.1. The van der Waals surface area contributed by atoms with Gasteiger partial charge in [0.05, 0.1) is 18.5 Å². The summed E-state index contributed by atoms with van der Waals surface area (Å²) in [5, 5.41) is 11.4. The van der Waals surface area contributed by atoms with Crippen molar-refractivity contribution >= 4 is 28.7 Å². The van der Waals surface area contributed by atoms with Gasteiger partial charge in [-0.25, -0.2) is 14.4 Å². The molecule has 7 heteroatoms. The summed E-state index contributed by atoms with van der Waals surface area (Å²) >= 11 is 0. The fraction of sp³-hybridized carbons (Fsp3) is 0.0435. The number of nitrogens with one attached hydrogen (secondary N) is 2. The Kier molecular flexibility index (Phi) is 5.43. The number of hydrogen-bond donors (Lipinski definition) is 2. The quantitative estimate of drug-likeness (QED) is 0.603. The summed E-state index contributed by atoms with van der Waals surface area (Å²) in [5.41, 5.74) is 3.92. The van der Waals surface area contributed by atoms with E-state index < -0.39 is 0 Å². The molecule has 0 radical (unpaired) electrons. The fourth-order valence-electron chi connectivity index (χ4n) is 3.01. The number of halogens is 1. The first-order valence-corrected chi connectivity index (χ1v) is 9.17. The molecule has 0 aliphatic heterocycles. The van der Waals surface area contributed by atoms with E-state index in [2.05, 4.69) is 20.3 Å². The van der Waals surface area contributed by atoms with Gasteiger partial charge in [-0.3, -0.25) is 4.98 Å². The molecule has 6 nitrogen and oxygen atoms in total. The fourth-order valence-corrected chi connectivity index (χ4v) is 3.01. The zero-order valence-electron chi connectivity index (χ0n) is 16.1. The third-order valence-electron chi connectivity index (χ3n) is 4.44. The summed E-state index contributed by atoms with van der Waals surface area (Å²) in [6, 6.07) is 11.5. The molecule has 1 aliphatic rings. The standard InChI is InChI=1S/C23H18FN5O/c1-30-22(16-3-2-11-26-14-16)19-13-15(4-9-20(19)25)21-10-12-27-23(29-21)28-18-7-5-17(24)6-8-18/h2-14,25H,1H3,(H,27,28,29)/b22-19-,25-20?. The molecule has 0 saturated heterocycles. The van der Waals surface area contributed by atoms with Crippen LogP contribution < -0.4 is 5.32 Å². The SMILES string of the molecule is CO/C(=C1/C=C(c2ccnc(Nc3ccc(F)cc3)n2)C=CC1=N)c1cccnc1. The van der Waals surface area contributed by atoms with E-state index in [1.807, 2.05) is 24.3 Å². The van der Waals surface area contributed by atoms with Crippen LogP contribution in [0, 0.1) is 11.2 Å². The molecule has 2 aromatic heterocycles. The highest BCUT2D eigenvalue weighted by molar-refractivity contribution is 6.16. The van der Waals surface area contributed by atoms with Gasteiger partial charge in [0.25, 0.3) is 0 Å². The lowest BCUT2D eigenvalue weighted by molar-refractivity contribution is 0.368. The smallest absolute Gasteiger partial charge is 0.227 e. The zero-order chi connectivity index (χ0) is 20.9. The van der Waals surface area contributed by atoms with Crippen LogP contribution >= 0.6 is 0 Å². The lowest BCUT2D eigenvalue weighted by Crippen LogP contribution is -2.07. The molecule has 0 spiro atoms. The average molecular weight is 399 g/mol. The number of methoxy groups -OCH3 is 1. The Bertz CT molecular complexity index is 1170. The molecule has 2 N–H and O–H groups in total. The Morgan fingerprint density at radius 1 is 1.07 bits per heavy atom. The number of anilines is 2. The Morgan fingerprint density at radius 2 is 1.90 bits per heavy atom. The summed E-state index contributed by atoms with van der Waals surface area (Å²) < 4.78 is 18.7. The van der Waals surface area contributed by atoms with Crippen molar-refractivity contribution in [1.82, 2.24) is 15.0 Å². The number of benzene rings is 1. The van der Waals surface area contributed by atoms with Crippen molar-refractivity contribution in [1.29, 1.82) is 5.41 Å². The molecule has 0 saturated carbocycles. The van der Waals surface area contributed by atoms with Gasteiger partial charge in [-0.1, -0.05) is 6.08 Å². The maximum absolute atomic E-state index is 13.1. The van der Waals surface area contributed by atoms with Crippen molar-refractivity contribution in [2.24, 2.45) is 0 Å². The summed E-state index contributed by atoms with van der Waals surface area (Å²) in [6.07, 6.45) is 10.4. The van der Waals surface area contributed by atoms with Crippen LogP contribution in [0.2, 0.25) is 0 Å². The van der Waals surface area contributed by atoms with Gasteiger partial charge in [-0.05, 0) is 54.6 Å².